The molecule has 0 amide bonds. The third-order valence-electron chi connectivity index (χ3n) is 8.02. The SMILES string of the molecule is CC(C)(C)Cc1cccc2c1sc1c(-c3[c-]c4ccccc4c(C(C)(C)C)c3)nccc12.CCC(CC)/C(O)=C/C(=O)[Si](F)(F)F.[Ir]. The van der Waals surface area contributed by atoms with Gasteiger partial charge in [0.15, 0.2) is 0 Å². The van der Waals surface area contributed by atoms with Gasteiger partial charge < -0.3 is 5.11 Å². The number of carbonyl (C=O) groups is 1. The number of allylic oxidation sites excluding steroid dienone is 2. The molecule has 2 heterocycles. The van der Waals surface area contributed by atoms with Crippen LogP contribution in [0.1, 0.15) is 79.4 Å². The maximum absolute atomic E-state index is 11.9. The second kappa shape index (κ2) is 15.1. The Balaban J connectivity index is 0.000000342. The van der Waals surface area contributed by atoms with Crippen LogP contribution in [0.4, 0.5) is 12.3 Å². The fraction of sp³-hybridized carbons (Fsp3) is 0.368. The van der Waals surface area contributed by atoms with E-state index in [2.05, 4.69) is 102 Å². The Hall–Kier alpha value is -2.84. The summed E-state index contributed by atoms with van der Waals surface area (Å²) in [6.07, 6.45) is 4.39. The zero-order valence-corrected chi connectivity index (χ0v) is 32.4. The first-order valence-corrected chi connectivity index (χ1v) is 18.2. The summed E-state index contributed by atoms with van der Waals surface area (Å²) in [5, 5.41) is 12.4. The van der Waals surface area contributed by atoms with E-state index in [-0.39, 0.29) is 36.9 Å². The van der Waals surface area contributed by atoms with Crippen molar-refractivity contribution in [3.63, 3.8) is 0 Å². The number of thiophene rings is 1. The summed E-state index contributed by atoms with van der Waals surface area (Å²) in [4.78, 5) is 15.4. The predicted molar refractivity (Wildman–Crippen MR) is 190 cm³/mol. The van der Waals surface area contributed by atoms with E-state index in [0.29, 0.717) is 18.9 Å². The van der Waals surface area contributed by atoms with Crippen LogP contribution in [0.15, 0.2) is 72.6 Å². The summed E-state index contributed by atoms with van der Waals surface area (Å²) in [5.41, 5.74) is 5.19. The van der Waals surface area contributed by atoms with Gasteiger partial charge in [0, 0.05) is 58.8 Å². The largest absolute Gasteiger partial charge is 0.695 e. The molecule has 1 radical (unpaired) electrons. The van der Waals surface area contributed by atoms with Crippen molar-refractivity contribution in [3.8, 4) is 11.3 Å². The Morgan fingerprint density at radius 3 is 2.15 bits per heavy atom. The molecule has 3 aromatic carbocycles. The van der Waals surface area contributed by atoms with Crippen LogP contribution in [-0.4, -0.2) is 24.6 Å². The molecule has 0 atom stereocenters. The molecule has 3 nitrogen and oxygen atoms in total. The molecule has 0 aliphatic rings. The normalized spacial score (nSPS) is 12.7. The number of carbonyl (C=O) groups excluding carboxylic acids is 1. The van der Waals surface area contributed by atoms with Crippen LogP contribution in [0.2, 0.25) is 0 Å². The maximum Gasteiger partial charge on any atom is 0.695 e. The van der Waals surface area contributed by atoms with E-state index < -0.39 is 20.2 Å². The Morgan fingerprint density at radius 2 is 1.55 bits per heavy atom. The first-order valence-electron chi connectivity index (χ1n) is 15.7. The number of fused-ring (bicyclic) bond motifs is 4. The molecule has 9 heteroatoms. The van der Waals surface area contributed by atoms with Crippen molar-refractivity contribution >= 4 is 56.8 Å². The summed E-state index contributed by atoms with van der Waals surface area (Å²) < 4.78 is 38.4. The van der Waals surface area contributed by atoms with Crippen molar-refractivity contribution in [3.05, 3.63) is 89.8 Å². The molecule has 2 aromatic heterocycles. The number of benzene rings is 3. The maximum atomic E-state index is 11.9. The van der Waals surface area contributed by atoms with Gasteiger partial charge in [-0.2, -0.15) is 0 Å². The van der Waals surface area contributed by atoms with Crippen molar-refractivity contribution < 1.29 is 42.3 Å². The van der Waals surface area contributed by atoms with Crippen molar-refractivity contribution in [2.45, 2.75) is 80.1 Å². The van der Waals surface area contributed by atoms with E-state index in [1.807, 2.05) is 17.5 Å². The third-order valence-corrected chi connectivity index (χ3v) is 10.0. The average molecular weight is 855 g/mol. The molecule has 5 rings (SSSR count). The second-order valence-corrected chi connectivity index (χ2v) is 16.5. The molecule has 1 N–H and O–H groups in total. The standard InChI is InChI=1S/C30H30NS.C8H13F3O2Si.Ir/c1-29(2,3)18-20-11-9-13-23-24-14-15-31-26(28(24)32-27(20)23)21-16-19-10-7-8-12-22(19)25(17-21)30(4,5)6;1-3-6(4-2)7(12)5-8(13)14(9,10)11;/h7-15,17H,18H2,1-6H3;5-6,12H,3-4H2,1-2H3;/q-1;;/b;7-5-;. The van der Waals surface area contributed by atoms with E-state index in [4.69, 9.17) is 4.98 Å². The van der Waals surface area contributed by atoms with Crippen LogP contribution in [0, 0.1) is 17.4 Å². The predicted octanol–water partition coefficient (Wildman–Crippen LogP) is 11.8. The smallest absolute Gasteiger partial charge is 0.512 e. The van der Waals surface area contributed by atoms with Gasteiger partial charge in [-0.1, -0.05) is 103 Å². The van der Waals surface area contributed by atoms with Crippen molar-refractivity contribution in [2.24, 2.45) is 11.3 Å². The number of aliphatic hydroxyl groups excluding tert-OH is 1. The van der Waals surface area contributed by atoms with Gasteiger partial charge in [0.1, 0.15) is 0 Å². The molecule has 0 saturated carbocycles. The molecular weight excluding hydrogens is 812 g/mol. The Morgan fingerprint density at radius 1 is 0.936 bits per heavy atom. The molecule has 0 bridgehead atoms. The van der Waals surface area contributed by atoms with Gasteiger partial charge in [-0.05, 0) is 47.1 Å². The number of halogens is 3. The van der Waals surface area contributed by atoms with Gasteiger partial charge >= 0.3 is 9.08 Å². The molecule has 253 valence electrons. The molecule has 5 aromatic rings. The fourth-order valence-electron chi connectivity index (χ4n) is 5.70. The molecule has 0 saturated heterocycles. The quantitative estimate of drug-likeness (QED) is 0.0583. The average Bonchev–Trinajstić information content (AvgIpc) is 3.36. The minimum Gasteiger partial charge on any atom is -0.512 e. The van der Waals surface area contributed by atoms with Gasteiger partial charge in [-0.25, -0.2) is 12.3 Å². The molecule has 0 spiro atoms. The number of nitrogens with zero attached hydrogens (tertiary/aromatic N) is 1. The van der Waals surface area contributed by atoms with Crippen molar-refractivity contribution in [1.82, 2.24) is 4.98 Å². The van der Waals surface area contributed by atoms with Crippen LogP contribution in [0.3, 0.4) is 0 Å². The van der Waals surface area contributed by atoms with E-state index in [0.717, 1.165) is 23.1 Å². The van der Waals surface area contributed by atoms with E-state index in [9.17, 15) is 22.2 Å². The molecular formula is C38H43F3IrNO2SSi-. The second-order valence-electron chi connectivity index (χ2n) is 14.0. The zero-order chi connectivity index (χ0) is 34.0. The van der Waals surface area contributed by atoms with Crippen LogP contribution in [0.5, 0.6) is 0 Å². The van der Waals surface area contributed by atoms with Gasteiger partial charge in [-0.15, -0.1) is 40.5 Å². The Kier molecular flexibility index (Phi) is 12.4. The summed E-state index contributed by atoms with van der Waals surface area (Å²) in [6, 6.07) is 23.5. The fourth-order valence-corrected chi connectivity index (χ4v) is 7.33. The van der Waals surface area contributed by atoms with Gasteiger partial charge in [0.25, 0.3) is 0 Å². The van der Waals surface area contributed by atoms with E-state index >= 15 is 0 Å². The number of aliphatic hydroxyl groups is 1. The first kappa shape index (κ1) is 38.6. The molecule has 47 heavy (non-hydrogen) atoms. The number of pyridine rings is 1. The minimum absolute atomic E-state index is 0. The monoisotopic (exact) mass is 855 g/mol. The van der Waals surface area contributed by atoms with Gasteiger partial charge in [0.2, 0.25) is 5.41 Å². The van der Waals surface area contributed by atoms with Crippen molar-refractivity contribution in [1.29, 1.82) is 0 Å². The van der Waals surface area contributed by atoms with Crippen LogP contribution in [-0.2, 0) is 36.7 Å². The van der Waals surface area contributed by atoms with Crippen LogP contribution < -0.4 is 0 Å². The first-order chi connectivity index (χ1) is 21.4. The van der Waals surface area contributed by atoms with Gasteiger partial charge in [0.05, 0.1) is 5.76 Å². The Labute approximate surface area is 295 Å². The summed E-state index contributed by atoms with van der Waals surface area (Å²) in [6.45, 7) is 17.3. The molecule has 0 unspecified atom stereocenters. The summed E-state index contributed by atoms with van der Waals surface area (Å²) >= 11 is 1.89. The summed E-state index contributed by atoms with van der Waals surface area (Å²) in [5.74, 6) is -0.805. The topological polar surface area (TPSA) is 50.2 Å². The van der Waals surface area contributed by atoms with Crippen LogP contribution >= 0.6 is 11.3 Å². The molecule has 0 aliphatic heterocycles. The zero-order valence-electron chi connectivity index (χ0n) is 28.2. The molecule has 0 fully saturated rings. The van der Waals surface area contributed by atoms with Gasteiger partial charge in [-0.3, -0.25) is 9.78 Å². The Bertz CT molecular complexity index is 1900. The minimum atomic E-state index is -6.27. The van der Waals surface area contributed by atoms with Crippen LogP contribution in [0.25, 0.3) is 42.2 Å². The molecule has 0 aliphatic carbocycles. The van der Waals surface area contributed by atoms with E-state index in [1.54, 1.807) is 13.8 Å². The van der Waals surface area contributed by atoms with Crippen molar-refractivity contribution in [2.75, 3.05) is 0 Å². The number of hydrogen-bond donors (Lipinski definition) is 1. The number of rotatable bonds is 7. The third kappa shape index (κ3) is 9.20. The number of aromatic nitrogens is 1. The summed E-state index contributed by atoms with van der Waals surface area (Å²) in [7, 11) is -6.27. The van der Waals surface area contributed by atoms with E-state index in [1.165, 1.54) is 36.7 Å². The number of hydrogen-bond acceptors (Lipinski definition) is 4.